The van der Waals surface area contributed by atoms with Crippen LogP contribution in [0.25, 0.3) is 5.69 Å². The minimum absolute atomic E-state index is 0.0445. The van der Waals surface area contributed by atoms with Gasteiger partial charge in [0.1, 0.15) is 12.4 Å². The van der Waals surface area contributed by atoms with Gasteiger partial charge in [0.05, 0.1) is 24.5 Å². The zero-order valence-corrected chi connectivity index (χ0v) is 23.7. The van der Waals surface area contributed by atoms with Crippen molar-refractivity contribution >= 4 is 23.5 Å². The van der Waals surface area contributed by atoms with Crippen LogP contribution in [0.5, 0.6) is 5.75 Å². The third-order valence-corrected chi connectivity index (χ3v) is 7.78. The Balaban J connectivity index is 1.38. The van der Waals surface area contributed by atoms with Crippen molar-refractivity contribution in [3.05, 3.63) is 102 Å². The summed E-state index contributed by atoms with van der Waals surface area (Å²) in [5.41, 5.74) is 3.75. The molecule has 4 atom stereocenters. The van der Waals surface area contributed by atoms with Gasteiger partial charge in [0.25, 0.3) is 0 Å². The molecule has 4 aromatic rings. The summed E-state index contributed by atoms with van der Waals surface area (Å²) < 4.78 is 19.7. The molecule has 1 aromatic heterocycles. The number of aliphatic hydroxyl groups excluding tert-OH is 1. The van der Waals surface area contributed by atoms with Gasteiger partial charge in [-0.1, -0.05) is 67.7 Å². The van der Waals surface area contributed by atoms with Crippen molar-refractivity contribution in [2.24, 2.45) is 5.92 Å². The summed E-state index contributed by atoms with van der Waals surface area (Å²) in [6.45, 7) is 5.68. The highest BCUT2D eigenvalue weighted by Gasteiger charge is 2.38. The lowest BCUT2D eigenvalue weighted by Crippen LogP contribution is -2.38. The van der Waals surface area contributed by atoms with Crippen LogP contribution >= 0.6 is 11.8 Å². The number of aromatic nitrogens is 4. The first-order valence-electron chi connectivity index (χ1n) is 13.3. The SMILES string of the molecule is C=CCOC(=O)Nc1cccc(C2OC(CSc3nnnn3-c3ccc(O)cc3)C(C)C(c3ccc(CO)cc3)O2)c1. The van der Waals surface area contributed by atoms with Gasteiger partial charge in [-0.05, 0) is 58.0 Å². The standard InChI is InChI=1S/C30H31N5O6S/c1-3-15-39-30(38)31-23-6-4-5-22(16-23)28-40-26(19(2)27(41-28)21-9-7-20(17-36)8-10-21)18-42-29-32-33-34-35(29)24-11-13-25(37)14-12-24/h3-14,16,19,26-28,36-37H,1,15,17-18H2,2H3,(H,31,38). The maximum Gasteiger partial charge on any atom is 0.411 e. The van der Waals surface area contributed by atoms with Crippen LogP contribution in [0.4, 0.5) is 10.5 Å². The van der Waals surface area contributed by atoms with Gasteiger partial charge in [-0.3, -0.25) is 5.32 Å². The fraction of sp³-hybridized carbons (Fsp3) is 0.267. The van der Waals surface area contributed by atoms with Crippen LogP contribution in [0.2, 0.25) is 0 Å². The van der Waals surface area contributed by atoms with Crippen molar-refractivity contribution in [3.63, 3.8) is 0 Å². The highest BCUT2D eigenvalue weighted by molar-refractivity contribution is 7.99. The van der Waals surface area contributed by atoms with Crippen LogP contribution in [-0.2, 0) is 20.8 Å². The van der Waals surface area contributed by atoms with Crippen LogP contribution in [-0.4, -0.2) is 55.0 Å². The van der Waals surface area contributed by atoms with Gasteiger partial charge in [0.2, 0.25) is 5.16 Å². The molecule has 0 aliphatic carbocycles. The molecule has 5 rings (SSSR count). The Bertz CT molecular complexity index is 1500. The van der Waals surface area contributed by atoms with Gasteiger partial charge in [0, 0.05) is 22.9 Å². The monoisotopic (exact) mass is 589 g/mol. The van der Waals surface area contributed by atoms with E-state index in [-0.39, 0.29) is 37.1 Å². The molecule has 1 fully saturated rings. The first-order chi connectivity index (χ1) is 20.4. The Morgan fingerprint density at radius 1 is 1.12 bits per heavy atom. The first kappa shape index (κ1) is 29.3. The predicted molar refractivity (Wildman–Crippen MR) is 156 cm³/mol. The largest absolute Gasteiger partial charge is 0.508 e. The predicted octanol–water partition coefficient (Wildman–Crippen LogP) is 5.18. The van der Waals surface area contributed by atoms with E-state index in [4.69, 9.17) is 14.2 Å². The quantitative estimate of drug-likeness (QED) is 0.167. The van der Waals surface area contributed by atoms with E-state index < -0.39 is 12.4 Å². The number of amides is 1. The van der Waals surface area contributed by atoms with Gasteiger partial charge in [-0.25, -0.2) is 4.79 Å². The molecule has 0 saturated carbocycles. The number of tetrazole rings is 1. The third-order valence-electron chi connectivity index (χ3n) is 6.77. The summed E-state index contributed by atoms with van der Waals surface area (Å²) in [6.07, 6.45) is -0.406. The fourth-order valence-corrected chi connectivity index (χ4v) is 5.60. The number of anilines is 1. The lowest BCUT2D eigenvalue weighted by Gasteiger charge is -2.41. The highest BCUT2D eigenvalue weighted by atomic mass is 32.2. The zero-order chi connectivity index (χ0) is 29.5. The minimum Gasteiger partial charge on any atom is -0.508 e. The third kappa shape index (κ3) is 6.97. The van der Waals surface area contributed by atoms with Gasteiger partial charge in [-0.2, -0.15) is 4.68 Å². The molecule has 4 unspecified atom stereocenters. The summed E-state index contributed by atoms with van der Waals surface area (Å²) >= 11 is 1.45. The number of hydrogen-bond donors (Lipinski definition) is 3. The summed E-state index contributed by atoms with van der Waals surface area (Å²) in [7, 11) is 0. The van der Waals surface area contributed by atoms with E-state index in [1.165, 1.54) is 17.8 Å². The summed E-state index contributed by atoms with van der Waals surface area (Å²) in [5.74, 6) is 0.626. The van der Waals surface area contributed by atoms with E-state index in [0.717, 1.165) is 22.4 Å². The number of thioether (sulfide) groups is 1. The summed E-state index contributed by atoms with van der Waals surface area (Å²) in [4.78, 5) is 12.1. The maximum atomic E-state index is 12.1. The second-order valence-electron chi connectivity index (χ2n) is 9.66. The van der Waals surface area contributed by atoms with Crippen LogP contribution in [0.3, 0.4) is 0 Å². The van der Waals surface area contributed by atoms with E-state index in [1.807, 2.05) is 36.4 Å². The van der Waals surface area contributed by atoms with Gasteiger partial charge in [0.15, 0.2) is 6.29 Å². The fourth-order valence-electron chi connectivity index (χ4n) is 4.54. The number of aromatic hydroxyl groups is 1. The van der Waals surface area contributed by atoms with Crippen molar-refractivity contribution in [2.45, 2.75) is 37.2 Å². The molecule has 1 aliphatic heterocycles. The molecule has 42 heavy (non-hydrogen) atoms. The number of rotatable bonds is 10. The number of aliphatic hydroxyl groups is 1. The molecule has 1 aliphatic rings. The number of carbonyl (C=O) groups excluding carboxylic acids is 1. The minimum atomic E-state index is -0.728. The number of nitrogens with zero attached hydrogens (tertiary/aromatic N) is 4. The normalized spacial score (nSPS) is 20.1. The first-order valence-corrected chi connectivity index (χ1v) is 14.3. The van der Waals surface area contributed by atoms with E-state index in [2.05, 4.69) is 34.3 Å². The number of carbonyl (C=O) groups is 1. The van der Waals surface area contributed by atoms with Crippen LogP contribution in [0.15, 0.2) is 90.6 Å². The van der Waals surface area contributed by atoms with Crippen molar-refractivity contribution in [2.75, 3.05) is 17.7 Å². The molecule has 12 heteroatoms. The number of phenols is 1. The molecule has 11 nitrogen and oxygen atoms in total. The Labute approximate surface area is 247 Å². The average Bonchev–Trinajstić information content (AvgIpc) is 3.49. The van der Waals surface area contributed by atoms with Crippen molar-refractivity contribution in [3.8, 4) is 11.4 Å². The van der Waals surface area contributed by atoms with E-state index in [1.54, 1.807) is 41.1 Å². The number of nitrogens with one attached hydrogen (secondary N) is 1. The Hall–Kier alpha value is -4.23. The Morgan fingerprint density at radius 3 is 2.64 bits per heavy atom. The Kier molecular flexibility index (Phi) is 9.49. The highest BCUT2D eigenvalue weighted by Crippen LogP contribution is 2.43. The topological polar surface area (TPSA) is 141 Å². The zero-order valence-electron chi connectivity index (χ0n) is 22.9. The summed E-state index contributed by atoms with van der Waals surface area (Å²) in [5, 5.41) is 34.6. The lowest BCUT2D eigenvalue weighted by atomic mass is 9.91. The number of ether oxygens (including phenoxy) is 3. The van der Waals surface area contributed by atoms with Crippen molar-refractivity contribution in [1.82, 2.24) is 20.2 Å². The molecule has 0 radical (unpaired) electrons. The van der Waals surface area contributed by atoms with Gasteiger partial charge in [-0.15, -0.1) is 5.10 Å². The van der Waals surface area contributed by atoms with Crippen LogP contribution in [0, 0.1) is 5.92 Å². The average molecular weight is 590 g/mol. The molecule has 218 valence electrons. The van der Waals surface area contributed by atoms with E-state index in [9.17, 15) is 15.0 Å². The molecular weight excluding hydrogens is 558 g/mol. The van der Waals surface area contributed by atoms with Gasteiger partial charge < -0.3 is 24.4 Å². The van der Waals surface area contributed by atoms with Crippen molar-refractivity contribution < 1.29 is 29.2 Å². The smallest absolute Gasteiger partial charge is 0.411 e. The van der Waals surface area contributed by atoms with Gasteiger partial charge >= 0.3 is 6.09 Å². The molecule has 2 heterocycles. The number of hydrogen-bond acceptors (Lipinski definition) is 10. The number of phenolic OH excluding ortho intramolecular Hbond substituents is 1. The second-order valence-corrected chi connectivity index (χ2v) is 10.6. The molecular formula is C30H31N5O6S. The number of benzene rings is 3. The van der Waals surface area contributed by atoms with E-state index in [0.29, 0.717) is 16.6 Å². The van der Waals surface area contributed by atoms with Crippen molar-refractivity contribution in [1.29, 1.82) is 0 Å². The molecule has 3 aromatic carbocycles. The molecule has 0 spiro atoms. The second kappa shape index (κ2) is 13.6. The van der Waals surface area contributed by atoms with Crippen LogP contribution < -0.4 is 5.32 Å². The molecule has 1 amide bonds. The van der Waals surface area contributed by atoms with Crippen LogP contribution in [0.1, 0.15) is 36.0 Å². The molecule has 3 N–H and O–H groups in total. The summed E-state index contributed by atoms with van der Waals surface area (Å²) in [6, 6.07) is 21.5. The molecule has 1 saturated heterocycles. The lowest BCUT2D eigenvalue weighted by molar-refractivity contribution is -0.268. The molecule has 0 bridgehead atoms. The van der Waals surface area contributed by atoms with E-state index >= 15 is 0 Å². The Morgan fingerprint density at radius 2 is 1.90 bits per heavy atom. The maximum absolute atomic E-state index is 12.1.